The van der Waals surface area contributed by atoms with Crippen molar-refractivity contribution in [3.63, 3.8) is 0 Å². The van der Waals surface area contributed by atoms with Crippen LogP contribution in [0.25, 0.3) is 22.2 Å². The molecule has 14 heteroatoms. The maximum Gasteiger partial charge on any atom is 0.259 e. The van der Waals surface area contributed by atoms with Gasteiger partial charge in [0.2, 0.25) is 11.9 Å². The lowest BCUT2D eigenvalue weighted by molar-refractivity contribution is -0.117. The third-order valence-electron chi connectivity index (χ3n) is 5.97. The lowest BCUT2D eigenvalue weighted by Gasteiger charge is -2.20. The van der Waals surface area contributed by atoms with Crippen LogP contribution in [0.4, 0.5) is 5.95 Å². The first kappa shape index (κ1) is 26.7. The predicted molar refractivity (Wildman–Crippen MR) is 142 cm³/mol. The molecule has 2 N–H and O–H groups in total. The van der Waals surface area contributed by atoms with E-state index in [2.05, 4.69) is 27.2 Å². The van der Waals surface area contributed by atoms with Gasteiger partial charge in [0.1, 0.15) is 17.1 Å². The van der Waals surface area contributed by atoms with E-state index in [1.807, 2.05) is 0 Å². The minimum atomic E-state index is -3.40. The number of fused-ring (bicyclic) bond motifs is 1. The number of pyridine rings is 1. The van der Waals surface area contributed by atoms with Crippen LogP contribution in [-0.2, 0) is 21.7 Å². The molecule has 2 aromatic heterocycles. The molecule has 1 unspecified atom stereocenters. The number of aromatic nitrogens is 3. The summed E-state index contributed by atoms with van der Waals surface area (Å²) in [5, 5.41) is 6.35. The van der Waals surface area contributed by atoms with Gasteiger partial charge in [-0.3, -0.25) is 14.2 Å². The zero-order valence-corrected chi connectivity index (χ0v) is 22.4. The molecule has 1 amide bonds. The van der Waals surface area contributed by atoms with Gasteiger partial charge in [-0.1, -0.05) is 29.8 Å². The lowest BCUT2D eigenvalue weighted by atomic mass is 10.0. The van der Waals surface area contributed by atoms with E-state index in [-0.39, 0.29) is 55.8 Å². The van der Waals surface area contributed by atoms with Crippen molar-refractivity contribution in [2.45, 2.75) is 12.1 Å². The maximum absolute atomic E-state index is 13.4. The highest BCUT2D eigenvalue weighted by Gasteiger charge is 2.38. The summed E-state index contributed by atoms with van der Waals surface area (Å²) in [4.78, 5) is 33.9. The van der Waals surface area contributed by atoms with E-state index in [0.717, 1.165) is 6.08 Å². The second-order valence-corrected chi connectivity index (χ2v) is 11.2. The topological polar surface area (TPSA) is 142 Å². The number of carbonyl (C=O) groups is 1. The molecule has 2 atom stereocenters. The van der Waals surface area contributed by atoms with Gasteiger partial charge in [0.15, 0.2) is 9.84 Å². The van der Waals surface area contributed by atoms with E-state index in [0.29, 0.717) is 5.39 Å². The van der Waals surface area contributed by atoms with Crippen LogP contribution in [0.3, 0.4) is 0 Å². The molecular formula is C23H23Cl2N5O6S. The SMILES string of the molecule is C=CC(=O)N[C@H]1CS(=O)(=O)CC1Nc1ncc2cc(-c3c(Cl)c(OC)cc(OC)c3Cl)c(=O)n(C)c2n1. The van der Waals surface area contributed by atoms with Crippen molar-refractivity contribution in [2.24, 2.45) is 7.05 Å². The number of sulfone groups is 1. The summed E-state index contributed by atoms with van der Waals surface area (Å²) in [6.07, 6.45) is 2.55. The second-order valence-electron chi connectivity index (χ2n) is 8.33. The third kappa shape index (κ3) is 5.09. The molecule has 11 nitrogen and oxygen atoms in total. The number of hydrogen-bond acceptors (Lipinski definition) is 9. The Hall–Kier alpha value is -3.35. The standard InChI is InChI=1S/C23H23Cl2N5O6S/c1-5-17(31)27-13-9-37(33,34)10-14(13)28-23-26-8-11-6-12(22(32)30(2)21(11)29-23)18-19(24)15(35-3)7-16(36-4)20(18)25/h5-8,13-14H,1,9-10H2,2-4H3,(H,27,31)(H,26,28,29)/t13-,14?/m0/s1. The molecule has 3 heterocycles. The number of anilines is 1. The minimum absolute atomic E-state index is 0.0920. The van der Waals surface area contributed by atoms with Crippen molar-refractivity contribution in [2.75, 3.05) is 31.0 Å². The van der Waals surface area contributed by atoms with Gasteiger partial charge in [-0.15, -0.1) is 0 Å². The quantitative estimate of drug-likeness (QED) is 0.411. The van der Waals surface area contributed by atoms with Crippen molar-refractivity contribution in [3.05, 3.63) is 51.4 Å². The maximum atomic E-state index is 13.4. The Morgan fingerprint density at radius 3 is 2.38 bits per heavy atom. The zero-order valence-electron chi connectivity index (χ0n) is 20.0. The summed E-state index contributed by atoms with van der Waals surface area (Å²) in [5.41, 5.74) is 0.249. The Balaban J connectivity index is 1.77. The number of amides is 1. The van der Waals surface area contributed by atoms with Crippen LogP contribution >= 0.6 is 23.2 Å². The van der Waals surface area contributed by atoms with E-state index >= 15 is 0 Å². The highest BCUT2D eigenvalue weighted by Crippen LogP contribution is 2.45. The fraction of sp³-hybridized carbons (Fsp3) is 0.304. The van der Waals surface area contributed by atoms with Gasteiger partial charge in [-0.25, -0.2) is 13.4 Å². The second kappa shape index (κ2) is 10.2. The Morgan fingerprint density at radius 1 is 1.16 bits per heavy atom. The summed E-state index contributed by atoms with van der Waals surface area (Å²) in [7, 11) is 0.991. The molecule has 37 heavy (non-hydrogen) atoms. The highest BCUT2D eigenvalue weighted by atomic mass is 35.5. The molecule has 3 aromatic rings. The van der Waals surface area contributed by atoms with Crippen LogP contribution in [0, 0.1) is 0 Å². The van der Waals surface area contributed by atoms with Crippen LogP contribution in [0.15, 0.2) is 35.8 Å². The molecule has 196 valence electrons. The van der Waals surface area contributed by atoms with Gasteiger partial charge in [0, 0.05) is 30.3 Å². The largest absolute Gasteiger partial charge is 0.495 e. The van der Waals surface area contributed by atoms with Gasteiger partial charge in [-0.2, -0.15) is 4.98 Å². The fourth-order valence-electron chi connectivity index (χ4n) is 4.16. The lowest BCUT2D eigenvalue weighted by Crippen LogP contribution is -2.45. The molecule has 0 bridgehead atoms. The third-order valence-corrected chi connectivity index (χ3v) is 8.46. The van der Waals surface area contributed by atoms with Crippen LogP contribution in [0.5, 0.6) is 11.5 Å². The first-order valence-corrected chi connectivity index (χ1v) is 13.4. The van der Waals surface area contributed by atoms with Gasteiger partial charge < -0.3 is 20.1 Å². The normalized spacial score (nSPS) is 18.4. The number of hydrogen-bond donors (Lipinski definition) is 2. The smallest absolute Gasteiger partial charge is 0.259 e. The summed E-state index contributed by atoms with van der Waals surface area (Å²) >= 11 is 13.0. The molecule has 1 aliphatic heterocycles. The first-order valence-electron chi connectivity index (χ1n) is 10.9. The molecule has 0 radical (unpaired) electrons. The molecule has 0 aliphatic carbocycles. The fourth-order valence-corrected chi connectivity index (χ4v) is 6.72. The monoisotopic (exact) mass is 567 g/mol. The van der Waals surface area contributed by atoms with Crippen LogP contribution < -0.4 is 25.7 Å². The Labute approximate surface area is 222 Å². The summed E-state index contributed by atoms with van der Waals surface area (Å²) < 4.78 is 36.3. The molecule has 1 aromatic carbocycles. The summed E-state index contributed by atoms with van der Waals surface area (Å²) in [5.74, 6) is -0.293. The molecule has 4 rings (SSSR count). The molecule has 1 saturated heterocycles. The van der Waals surface area contributed by atoms with Crippen molar-refractivity contribution in [1.29, 1.82) is 0 Å². The van der Waals surface area contributed by atoms with Gasteiger partial charge >= 0.3 is 0 Å². The van der Waals surface area contributed by atoms with Gasteiger partial charge in [-0.05, 0) is 12.1 Å². The first-order chi connectivity index (χ1) is 17.5. The molecule has 1 fully saturated rings. The van der Waals surface area contributed by atoms with Crippen LogP contribution in [-0.4, -0.2) is 66.7 Å². The van der Waals surface area contributed by atoms with E-state index in [1.54, 1.807) is 6.07 Å². The number of carbonyl (C=O) groups excluding carboxylic acids is 1. The molecular weight excluding hydrogens is 545 g/mol. The summed E-state index contributed by atoms with van der Waals surface area (Å²) in [6, 6.07) is 1.70. The summed E-state index contributed by atoms with van der Waals surface area (Å²) in [6.45, 7) is 3.39. The van der Waals surface area contributed by atoms with Crippen molar-refractivity contribution in [1.82, 2.24) is 19.9 Å². The molecule has 0 spiro atoms. The Kier molecular flexibility index (Phi) is 7.36. The number of rotatable bonds is 7. The highest BCUT2D eigenvalue weighted by molar-refractivity contribution is 7.91. The number of aryl methyl sites for hydroxylation is 1. The number of nitrogens with zero attached hydrogens (tertiary/aromatic N) is 3. The van der Waals surface area contributed by atoms with Crippen LogP contribution in [0.2, 0.25) is 10.0 Å². The van der Waals surface area contributed by atoms with Crippen molar-refractivity contribution < 1.29 is 22.7 Å². The average Bonchev–Trinajstić information content (AvgIpc) is 3.14. The van der Waals surface area contributed by atoms with Crippen LogP contribution in [0.1, 0.15) is 0 Å². The average molecular weight is 568 g/mol. The van der Waals surface area contributed by atoms with E-state index in [4.69, 9.17) is 32.7 Å². The van der Waals surface area contributed by atoms with Gasteiger partial charge in [0.05, 0.1) is 53.4 Å². The number of nitrogens with one attached hydrogen (secondary N) is 2. The van der Waals surface area contributed by atoms with E-state index in [1.165, 1.54) is 38.1 Å². The zero-order chi connectivity index (χ0) is 27.1. The molecule has 0 saturated carbocycles. The molecule has 1 aliphatic rings. The van der Waals surface area contributed by atoms with Crippen molar-refractivity contribution >= 4 is 55.9 Å². The van der Waals surface area contributed by atoms with Gasteiger partial charge in [0.25, 0.3) is 5.56 Å². The minimum Gasteiger partial charge on any atom is -0.495 e. The predicted octanol–water partition coefficient (Wildman–Crippen LogP) is 2.20. The van der Waals surface area contributed by atoms with Crippen molar-refractivity contribution in [3.8, 4) is 22.6 Å². The number of ether oxygens (including phenoxy) is 2. The number of methoxy groups -OCH3 is 2. The Morgan fingerprint density at radius 2 is 1.78 bits per heavy atom. The Bertz CT molecular complexity index is 1560. The van der Waals surface area contributed by atoms with E-state index in [9.17, 15) is 18.0 Å². The number of benzene rings is 1. The van der Waals surface area contributed by atoms with E-state index < -0.39 is 33.4 Å². The number of halogens is 2.